The number of ether oxygens (including phenoxy) is 2. The number of methoxy groups -OCH3 is 2. The van der Waals surface area contributed by atoms with Crippen LogP contribution in [-0.4, -0.2) is 58.4 Å². The minimum atomic E-state index is -3.45. The Morgan fingerprint density at radius 1 is 0.969 bits per heavy atom. The zero-order valence-electron chi connectivity index (χ0n) is 18.1. The van der Waals surface area contributed by atoms with Gasteiger partial charge in [0.15, 0.2) is 0 Å². The average molecular weight is 462 g/mol. The number of rotatable bonds is 8. The number of hydrogen-bond acceptors (Lipinski definition) is 6. The van der Waals surface area contributed by atoms with Crippen LogP contribution in [0.1, 0.15) is 18.4 Å². The van der Waals surface area contributed by atoms with Gasteiger partial charge in [-0.05, 0) is 49.1 Å². The quantitative estimate of drug-likeness (QED) is 0.580. The van der Waals surface area contributed by atoms with Crippen LogP contribution < -0.4 is 20.1 Å². The highest BCUT2D eigenvalue weighted by Gasteiger charge is 2.26. The van der Waals surface area contributed by atoms with E-state index in [0.29, 0.717) is 36.7 Å². The smallest absolute Gasteiger partial charge is 0.313 e. The Labute approximate surface area is 187 Å². The van der Waals surface area contributed by atoms with Crippen molar-refractivity contribution in [2.24, 2.45) is 0 Å². The topological polar surface area (TPSA) is 114 Å². The van der Waals surface area contributed by atoms with Crippen LogP contribution in [0.4, 0.5) is 5.69 Å². The van der Waals surface area contributed by atoms with Crippen LogP contribution >= 0.6 is 0 Å². The van der Waals surface area contributed by atoms with E-state index in [1.54, 1.807) is 42.5 Å². The van der Waals surface area contributed by atoms with Crippen LogP contribution in [0.5, 0.6) is 11.5 Å². The van der Waals surface area contributed by atoms with Crippen molar-refractivity contribution in [1.82, 2.24) is 9.62 Å². The molecule has 10 heteroatoms. The van der Waals surface area contributed by atoms with E-state index < -0.39 is 21.8 Å². The summed E-state index contributed by atoms with van der Waals surface area (Å²) in [6, 6.07) is 11.4. The van der Waals surface area contributed by atoms with Crippen LogP contribution in [0.15, 0.2) is 47.4 Å². The minimum absolute atomic E-state index is 0.222. The average Bonchev–Trinajstić information content (AvgIpc) is 3.35. The molecule has 2 aromatic rings. The first-order chi connectivity index (χ1) is 15.3. The molecule has 0 unspecified atom stereocenters. The van der Waals surface area contributed by atoms with Crippen LogP contribution in [-0.2, 0) is 26.0 Å². The van der Waals surface area contributed by atoms with Gasteiger partial charge in [0.1, 0.15) is 11.5 Å². The fourth-order valence-corrected chi connectivity index (χ4v) is 4.91. The molecule has 0 radical (unpaired) electrons. The summed E-state index contributed by atoms with van der Waals surface area (Å²) in [5, 5.41) is 5.07. The number of carbonyl (C=O) groups excluding carboxylic acids is 2. The molecule has 1 saturated heterocycles. The second-order valence-corrected chi connectivity index (χ2v) is 9.22. The molecule has 2 aromatic carbocycles. The molecule has 3 rings (SSSR count). The van der Waals surface area contributed by atoms with Gasteiger partial charge in [-0.3, -0.25) is 9.59 Å². The molecule has 32 heavy (non-hydrogen) atoms. The van der Waals surface area contributed by atoms with Gasteiger partial charge in [0.25, 0.3) is 0 Å². The molecule has 1 aliphatic heterocycles. The highest BCUT2D eigenvalue weighted by molar-refractivity contribution is 7.89. The highest BCUT2D eigenvalue weighted by atomic mass is 32.2. The summed E-state index contributed by atoms with van der Waals surface area (Å²) in [4.78, 5) is 24.6. The lowest BCUT2D eigenvalue weighted by Gasteiger charge is -2.15. The molecule has 1 heterocycles. The summed E-state index contributed by atoms with van der Waals surface area (Å²) in [5.41, 5.74) is 1.17. The van der Waals surface area contributed by atoms with Gasteiger partial charge < -0.3 is 20.1 Å². The molecule has 0 bridgehead atoms. The van der Waals surface area contributed by atoms with Crippen molar-refractivity contribution >= 4 is 27.5 Å². The third kappa shape index (κ3) is 5.57. The van der Waals surface area contributed by atoms with Crippen LogP contribution in [0.2, 0.25) is 0 Å². The van der Waals surface area contributed by atoms with Crippen molar-refractivity contribution in [3.05, 3.63) is 48.0 Å². The van der Waals surface area contributed by atoms with Gasteiger partial charge >= 0.3 is 11.8 Å². The zero-order chi connectivity index (χ0) is 23.1. The van der Waals surface area contributed by atoms with E-state index in [1.165, 1.54) is 18.5 Å². The lowest BCUT2D eigenvalue weighted by atomic mass is 10.1. The Kier molecular flexibility index (Phi) is 7.70. The second kappa shape index (κ2) is 10.5. The van der Waals surface area contributed by atoms with E-state index in [0.717, 1.165) is 18.4 Å². The molecule has 0 spiro atoms. The van der Waals surface area contributed by atoms with Crippen molar-refractivity contribution in [2.75, 3.05) is 39.2 Å². The van der Waals surface area contributed by atoms with Crippen molar-refractivity contribution in [3.8, 4) is 11.5 Å². The predicted octanol–water partition coefficient (Wildman–Crippen LogP) is 1.79. The van der Waals surface area contributed by atoms with E-state index in [2.05, 4.69) is 10.6 Å². The summed E-state index contributed by atoms with van der Waals surface area (Å²) < 4.78 is 36.9. The Morgan fingerprint density at radius 3 is 2.28 bits per heavy atom. The minimum Gasteiger partial charge on any atom is -0.497 e. The van der Waals surface area contributed by atoms with Crippen molar-refractivity contribution in [3.63, 3.8) is 0 Å². The van der Waals surface area contributed by atoms with E-state index >= 15 is 0 Å². The summed E-state index contributed by atoms with van der Waals surface area (Å²) in [7, 11) is -0.498. The number of carbonyl (C=O) groups is 2. The molecular formula is C22H27N3O6S. The number of anilines is 1. The van der Waals surface area contributed by atoms with E-state index in [4.69, 9.17) is 9.47 Å². The Morgan fingerprint density at radius 2 is 1.66 bits per heavy atom. The largest absolute Gasteiger partial charge is 0.497 e. The van der Waals surface area contributed by atoms with Crippen molar-refractivity contribution < 1.29 is 27.5 Å². The third-order valence-corrected chi connectivity index (χ3v) is 7.10. The molecule has 2 amide bonds. The maximum atomic E-state index is 12.6. The molecule has 1 fully saturated rings. The van der Waals surface area contributed by atoms with Gasteiger partial charge in [0.05, 0.1) is 24.8 Å². The molecule has 0 aromatic heterocycles. The van der Waals surface area contributed by atoms with Crippen LogP contribution in [0.25, 0.3) is 0 Å². The number of hydrogen-bond donors (Lipinski definition) is 2. The van der Waals surface area contributed by atoms with E-state index in [9.17, 15) is 18.0 Å². The van der Waals surface area contributed by atoms with Gasteiger partial charge in [-0.15, -0.1) is 0 Å². The first kappa shape index (κ1) is 23.6. The zero-order valence-corrected chi connectivity index (χ0v) is 18.9. The summed E-state index contributed by atoms with van der Waals surface area (Å²) in [6.45, 7) is 1.33. The lowest BCUT2D eigenvalue weighted by molar-refractivity contribution is -0.136. The van der Waals surface area contributed by atoms with E-state index in [-0.39, 0.29) is 11.4 Å². The fourth-order valence-electron chi connectivity index (χ4n) is 3.40. The maximum Gasteiger partial charge on any atom is 0.313 e. The molecule has 0 saturated carbocycles. The molecular weight excluding hydrogens is 434 g/mol. The first-order valence-corrected chi connectivity index (χ1v) is 11.7. The Balaban J connectivity index is 1.52. The van der Waals surface area contributed by atoms with Gasteiger partial charge in [0, 0.05) is 25.7 Å². The lowest BCUT2D eigenvalue weighted by Crippen LogP contribution is -2.36. The number of sulfonamides is 1. The van der Waals surface area contributed by atoms with E-state index in [1.807, 2.05) is 0 Å². The standard InChI is InChI=1S/C22H27N3O6S/c1-30-17-7-10-20(31-2)19(15-17)24-22(27)21(26)23-12-11-16-5-8-18(9-6-16)32(28,29)25-13-3-4-14-25/h5-10,15H,3-4,11-14H2,1-2H3,(H,23,26)(H,24,27). The number of amides is 2. The normalized spacial score (nSPS) is 14.1. The highest BCUT2D eigenvalue weighted by Crippen LogP contribution is 2.28. The SMILES string of the molecule is COc1ccc(OC)c(NC(=O)C(=O)NCCc2ccc(S(=O)(=O)N3CCCC3)cc2)c1. The molecule has 1 aliphatic rings. The van der Waals surface area contributed by atoms with Gasteiger partial charge in [-0.25, -0.2) is 8.42 Å². The fraction of sp³-hybridized carbons (Fsp3) is 0.364. The van der Waals surface area contributed by atoms with Gasteiger partial charge in [0.2, 0.25) is 10.0 Å². The molecule has 9 nitrogen and oxygen atoms in total. The molecule has 2 N–H and O–H groups in total. The van der Waals surface area contributed by atoms with Gasteiger partial charge in [-0.1, -0.05) is 12.1 Å². The first-order valence-electron chi connectivity index (χ1n) is 10.3. The Bertz CT molecular complexity index is 1060. The second-order valence-electron chi connectivity index (χ2n) is 7.28. The van der Waals surface area contributed by atoms with Crippen molar-refractivity contribution in [1.29, 1.82) is 0 Å². The maximum absolute atomic E-state index is 12.6. The van der Waals surface area contributed by atoms with Gasteiger partial charge in [-0.2, -0.15) is 4.31 Å². The summed E-state index contributed by atoms with van der Waals surface area (Å²) in [6.07, 6.45) is 2.22. The predicted molar refractivity (Wildman–Crippen MR) is 119 cm³/mol. The van der Waals surface area contributed by atoms with Crippen molar-refractivity contribution in [2.45, 2.75) is 24.2 Å². The third-order valence-electron chi connectivity index (χ3n) is 5.19. The monoisotopic (exact) mass is 461 g/mol. The molecule has 0 aliphatic carbocycles. The molecule has 0 atom stereocenters. The van der Waals surface area contributed by atoms with Crippen LogP contribution in [0, 0.1) is 0 Å². The summed E-state index contributed by atoms with van der Waals surface area (Å²) in [5.74, 6) is -0.709. The molecule has 172 valence electrons. The number of nitrogens with zero attached hydrogens (tertiary/aromatic N) is 1. The van der Waals surface area contributed by atoms with Crippen LogP contribution in [0.3, 0.4) is 0 Å². The number of nitrogens with one attached hydrogen (secondary N) is 2. The summed E-state index contributed by atoms with van der Waals surface area (Å²) >= 11 is 0. The Hall–Kier alpha value is -3.11. The number of benzene rings is 2.